The van der Waals surface area contributed by atoms with Gasteiger partial charge in [-0.05, 0) is 20.8 Å². The van der Waals surface area contributed by atoms with E-state index in [1.807, 2.05) is 6.29 Å². The number of aliphatic hydroxyl groups is 2. The van der Waals surface area contributed by atoms with Crippen LogP contribution in [-0.4, -0.2) is 49.2 Å². The first kappa shape index (κ1) is 27.6. The van der Waals surface area contributed by atoms with Crippen molar-refractivity contribution in [3.05, 3.63) is 0 Å². The first-order valence-corrected chi connectivity index (χ1v) is 5.13. The Bertz CT molecular complexity index is 178. The second-order valence-corrected chi connectivity index (χ2v) is 4.10. The second kappa shape index (κ2) is 16.4. The van der Waals surface area contributed by atoms with Gasteiger partial charge >= 0.3 is 0 Å². The predicted molar refractivity (Wildman–Crippen MR) is 60.7 cm³/mol. The average Bonchev–Trinajstić information content (AvgIpc) is 2.14. The van der Waals surface area contributed by atoms with E-state index < -0.39 is 11.7 Å². The molecule has 0 spiro atoms. The molecule has 2 N–H and O–H groups in total. The van der Waals surface area contributed by atoms with Gasteiger partial charge in [0.1, 0.15) is 0 Å². The Balaban J connectivity index is -0.000000143. The number of methoxy groups -OCH3 is 1. The predicted octanol–water partition coefficient (Wildman–Crippen LogP) is 0.486. The summed E-state index contributed by atoms with van der Waals surface area (Å²) >= 11 is 0. The van der Waals surface area contributed by atoms with E-state index in [2.05, 4.69) is 0 Å². The van der Waals surface area contributed by atoms with Crippen LogP contribution in [0.5, 0.6) is 0 Å². The van der Waals surface area contributed by atoms with Crippen molar-refractivity contribution in [2.24, 2.45) is 5.41 Å². The summed E-state index contributed by atoms with van der Waals surface area (Å²) < 4.78 is 9.67. The van der Waals surface area contributed by atoms with Crippen LogP contribution in [0.15, 0.2) is 0 Å². The molecule has 0 aromatic heterocycles. The molecule has 0 fully saturated rings. The minimum Gasteiger partial charge on any atom is -0.541 e. The third-order valence-electron chi connectivity index (χ3n) is 1.35. The molecule has 0 aliphatic carbocycles. The molecule has 0 saturated heterocycles. The summed E-state index contributed by atoms with van der Waals surface area (Å²) in [6.45, 7) is 6.94. The smallest absolute Gasteiger partial charge is 0.151 e. The molecule has 0 aliphatic heterocycles. The zero-order chi connectivity index (χ0) is 13.2. The van der Waals surface area contributed by atoms with Crippen LogP contribution in [0.1, 0.15) is 27.7 Å². The normalized spacial score (nSPS) is 14.2. The maximum Gasteiger partial charge on any atom is 0.151 e. The fourth-order valence-electron chi connectivity index (χ4n) is 0.724. The molecule has 0 aromatic carbocycles. The maximum atomic E-state index is 10.5. The van der Waals surface area contributed by atoms with E-state index in [1.54, 1.807) is 20.8 Å². The molecule has 0 rings (SSSR count). The Labute approximate surface area is 149 Å². The SMILES string of the molecule is CC(C)O.COCC(C)([C-]=O)COC(C)O.[W].[Y]. The zero-order valence-corrected chi connectivity index (χ0v) is 17.4. The van der Waals surface area contributed by atoms with Crippen molar-refractivity contribution in [1.82, 2.24) is 0 Å². The third-order valence-corrected chi connectivity index (χ3v) is 1.35. The van der Waals surface area contributed by atoms with Gasteiger partial charge in [0.15, 0.2) is 6.29 Å². The molecule has 2 unspecified atom stereocenters. The summed E-state index contributed by atoms with van der Waals surface area (Å²) in [5, 5.41) is 16.8. The van der Waals surface area contributed by atoms with E-state index in [9.17, 15) is 4.79 Å². The molecular formula is C11H23O5WY-. The van der Waals surface area contributed by atoms with Crippen molar-refractivity contribution < 1.29 is 78.3 Å². The molecule has 1 radical (unpaired) electrons. The van der Waals surface area contributed by atoms with Gasteiger partial charge in [0.2, 0.25) is 0 Å². The summed E-state index contributed by atoms with van der Waals surface area (Å²) in [6.07, 6.45) is 0.791. The van der Waals surface area contributed by atoms with Gasteiger partial charge in [0.25, 0.3) is 0 Å². The van der Waals surface area contributed by atoms with Crippen LogP contribution in [0.3, 0.4) is 0 Å². The van der Waals surface area contributed by atoms with Crippen molar-refractivity contribution >= 4 is 6.29 Å². The molecule has 5 nitrogen and oxygen atoms in total. The van der Waals surface area contributed by atoms with Crippen molar-refractivity contribution in [3.8, 4) is 0 Å². The fraction of sp³-hybridized carbons (Fsp3) is 0.909. The Morgan fingerprint density at radius 1 is 1.22 bits per heavy atom. The number of hydrogen-bond donors (Lipinski definition) is 2. The van der Waals surface area contributed by atoms with Gasteiger partial charge in [-0.25, -0.2) is 0 Å². The van der Waals surface area contributed by atoms with Gasteiger partial charge in [0.05, 0.1) is 0 Å². The number of rotatable bonds is 6. The molecule has 0 aliphatic rings. The molecule has 18 heavy (non-hydrogen) atoms. The van der Waals surface area contributed by atoms with Gasteiger partial charge in [-0.15, -0.1) is 0 Å². The fourth-order valence-corrected chi connectivity index (χ4v) is 0.724. The number of hydrogen-bond acceptors (Lipinski definition) is 5. The van der Waals surface area contributed by atoms with Crippen LogP contribution < -0.4 is 0 Å². The summed E-state index contributed by atoms with van der Waals surface area (Å²) in [7, 11) is 1.50. The molecule has 0 bridgehead atoms. The van der Waals surface area contributed by atoms with Crippen molar-refractivity contribution in [3.63, 3.8) is 0 Å². The van der Waals surface area contributed by atoms with E-state index >= 15 is 0 Å². The van der Waals surface area contributed by atoms with Crippen molar-refractivity contribution in [2.45, 2.75) is 40.1 Å². The van der Waals surface area contributed by atoms with Gasteiger partial charge in [0, 0.05) is 80.2 Å². The largest absolute Gasteiger partial charge is 0.541 e. The molecule has 2 atom stereocenters. The van der Waals surface area contributed by atoms with E-state index in [-0.39, 0.29) is 73.1 Å². The molecule has 0 heterocycles. The number of carbonyl (C=O) groups excluding carboxylic acids is 1. The average molecular weight is 508 g/mol. The van der Waals surface area contributed by atoms with Crippen LogP contribution in [0.25, 0.3) is 0 Å². The maximum absolute atomic E-state index is 10.5. The van der Waals surface area contributed by atoms with E-state index in [1.165, 1.54) is 14.0 Å². The minimum atomic E-state index is -0.866. The summed E-state index contributed by atoms with van der Waals surface area (Å²) in [6, 6.07) is 0. The van der Waals surface area contributed by atoms with Crippen LogP contribution in [0.4, 0.5) is 0 Å². The molecule has 0 amide bonds. The summed E-state index contributed by atoms with van der Waals surface area (Å²) in [4.78, 5) is 10.5. The number of aliphatic hydroxyl groups excluding tert-OH is 2. The monoisotopic (exact) mass is 508 g/mol. The van der Waals surface area contributed by atoms with Crippen LogP contribution in [0, 0.1) is 5.41 Å². The van der Waals surface area contributed by atoms with E-state index in [0.717, 1.165) is 0 Å². The van der Waals surface area contributed by atoms with Crippen molar-refractivity contribution in [1.29, 1.82) is 0 Å². The minimum absolute atomic E-state index is 0. The molecular weight excluding hydrogens is 485 g/mol. The van der Waals surface area contributed by atoms with Crippen LogP contribution in [0.2, 0.25) is 0 Å². The number of ether oxygens (including phenoxy) is 2. The molecule has 107 valence electrons. The third kappa shape index (κ3) is 22.5. The van der Waals surface area contributed by atoms with Crippen LogP contribution in [-0.2, 0) is 68.0 Å². The molecule has 0 aromatic rings. The van der Waals surface area contributed by atoms with E-state index in [4.69, 9.17) is 19.7 Å². The second-order valence-electron chi connectivity index (χ2n) is 4.10. The van der Waals surface area contributed by atoms with Gasteiger partial charge < -0.3 is 24.5 Å². The van der Waals surface area contributed by atoms with Crippen LogP contribution >= 0.6 is 0 Å². The molecule has 0 saturated carbocycles. The van der Waals surface area contributed by atoms with Gasteiger partial charge in [-0.2, -0.15) is 0 Å². The van der Waals surface area contributed by atoms with Gasteiger partial charge in [-0.3, -0.25) is 6.29 Å². The Kier molecular flexibility index (Phi) is 25.1. The quantitative estimate of drug-likeness (QED) is 0.404. The Morgan fingerprint density at radius 3 is 1.83 bits per heavy atom. The Hall–Kier alpha value is 1.30. The summed E-state index contributed by atoms with van der Waals surface area (Å²) in [5.74, 6) is 0. The Morgan fingerprint density at radius 2 is 1.61 bits per heavy atom. The first-order chi connectivity index (χ1) is 7.27. The van der Waals surface area contributed by atoms with Crippen molar-refractivity contribution in [2.75, 3.05) is 20.3 Å². The standard InChI is InChI=1S/C8H15O4.C3H8O.W.Y/c1-7(10)12-6-8(2,4-9)5-11-3;1-3(2)4;;/h7,10H,5-6H2,1-3H3;3-4H,1-2H3;;/q-1;;;. The zero-order valence-electron chi connectivity index (χ0n) is 11.7. The van der Waals surface area contributed by atoms with Gasteiger partial charge in [-0.1, -0.05) is 12.3 Å². The topological polar surface area (TPSA) is 76.0 Å². The summed E-state index contributed by atoms with van der Waals surface area (Å²) in [5.41, 5.74) is -0.786. The molecule has 7 heteroatoms. The van der Waals surface area contributed by atoms with E-state index in [0.29, 0.717) is 0 Å². The first-order valence-electron chi connectivity index (χ1n) is 5.13.